The zero-order valence-electron chi connectivity index (χ0n) is 14.2. The summed E-state index contributed by atoms with van der Waals surface area (Å²) in [5.41, 5.74) is 2.07. The van der Waals surface area contributed by atoms with Gasteiger partial charge in [0.1, 0.15) is 16.2 Å². The lowest BCUT2D eigenvalue weighted by molar-refractivity contribution is -0.124. The lowest BCUT2D eigenvalue weighted by Crippen LogP contribution is -2.39. The number of hydrogen-bond donors (Lipinski definition) is 0. The second kappa shape index (κ2) is 6.96. The van der Waals surface area contributed by atoms with Crippen molar-refractivity contribution in [3.63, 3.8) is 0 Å². The number of thioether (sulfide) groups is 1. The minimum Gasteiger partial charge on any atom is -0.485 e. The van der Waals surface area contributed by atoms with Crippen LogP contribution in [0, 0.1) is 0 Å². The van der Waals surface area contributed by atoms with Gasteiger partial charge in [-0.1, -0.05) is 61.4 Å². The molecule has 0 bridgehead atoms. The van der Waals surface area contributed by atoms with Gasteiger partial charge in [-0.15, -0.1) is 0 Å². The molecule has 130 valence electrons. The molecule has 1 atom stereocenters. The van der Waals surface area contributed by atoms with Crippen LogP contribution in [0.15, 0.2) is 40.8 Å². The number of nitrogens with zero attached hydrogens (tertiary/aromatic N) is 1. The second-order valence-electron chi connectivity index (χ2n) is 6.79. The van der Waals surface area contributed by atoms with E-state index in [1.165, 1.54) is 31.0 Å². The SMILES string of the molecule is CC1Oc2ccccc2C=C1C=C1SC(=S)N(C2CCCCC2)C1=O. The average Bonchev–Trinajstić information content (AvgIpc) is 2.90. The zero-order chi connectivity index (χ0) is 17.4. The van der Waals surface area contributed by atoms with E-state index in [0.717, 1.165) is 34.6 Å². The summed E-state index contributed by atoms with van der Waals surface area (Å²) >= 11 is 6.94. The molecule has 2 aliphatic heterocycles. The van der Waals surface area contributed by atoms with Gasteiger partial charge in [0.05, 0.1) is 4.91 Å². The minimum atomic E-state index is -0.0758. The number of benzene rings is 1. The molecule has 1 unspecified atom stereocenters. The molecule has 1 aromatic rings. The fourth-order valence-electron chi connectivity index (χ4n) is 3.71. The van der Waals surface area contributed by atoms with E-state index in [-0.39, 0.29) is 18.1 Å². The Labute approximate surface area is 158 Å². The van der Waals surface area contributed by atoms with Crippen molar-refractivity contribution in [3.05, 3.63) is 46.4 Å². The Bertz CT molecular complexity index is 778. The minimum absolute atomic E-state index is 0.0638. The van der Waals surface area contributed by atoms with E-state index in [1.54, 1.807) is 0 Å². The highest BCUT2D eigenvalue weighted by molar-refractivity contribution is 8.26. The van der Waals surface area contributed by atoms with E-state index in [4.69, 9.17) is 17.0 Å². The highest BCUT2D eigenvalue weighted by Crippen LogP contribution is 2.38. The smallest absolute Gasteiger partial charge is 0.266 e. The number of ether oxygens (including phenoxy) is 1. The third-order valence-electron chi connectivity index (χ3n) is 5.08. The Kier molecular flexibility index (Phi) is 4.69. The number of fused-ring (bicyclic) bond motifs is 1. The van der Waals surface area contributed by atoms with Crippen molar-refractivity contribution in [2.24, 2.45) is 0 Å². The third kappa shape index (κ3) is 3.27. The number of rotatable bonds is 2. The molecule has 1 saturated heterocycles. The van der Waals surface area contributed by atoms with Crippen molar-refractivity contribution in [2.45, 2.75) is 51.2 Å². The van der Waals surface area contributed by atoms with Gasteiger partial charge in [0.25, 0.3) is 5.91 Å². The summed E-state index contributed by atoms with van der Waals surface area (Å²) in [5, 5.41) is 0. The monoisotopic (exact) mass is 371 g/mol. The van der Waals surface area contributed by atoms with E-state index in [1.807, 2.05) is 42.2 Å². The fourth-order valence-corrected chi connectivity index (χ4v) is 5.11. The molecule has 4 rings (SSSR count). The van der Waals surface area contributed by atoms with E-state index >= 15 is 0 Å². The normalized spacial score (nSPS) is 25.8. The van der Waals surface area contributed by atoms with Gasteiger partial charge < -0.3 is 4.74 Å². The Morgan fingerprint density at radius 2 is 2.00 bits per heavy atom. The van der Waals surface area contributed by atoms with Crippen LogP contribution in [0.1, 0.15) is 44.6 Å². The van der Waals surface area contributed by atoms with Crippen LogP contribution in [0.25, 0.3) is 6.08 Å². The first-order valence-electron chi connectivity index (χ1n) is 8.88. The number of amides is 1. The molecule has 0 spiro atoms. The molecule has 1 amide bonds. The first kappa shape index (κ1) is 16.9. The molecule has 0 radical (unpaired) electrons. The molecule has 2 heterocycles. The van der Waals surface area contributed by atoms with E-state index in [2.05, 4.69) is 6.08 Å². The van der Waals surface area contributed by atoms with Crippen LogP contribution in [0.2, 0.25) is 0 Å². The molecule has 0 aromatic heterocycles. The fraction of sp³-hybridized carbons (Fsp3) is 0.400. The number of carbonyl (C=O) groups is 1. The van der Waals surface area contributed by atoms with Crippen LogP contribution in [0.4, 0.5) is 0 Å². The summed E-state index contributed by atoms with van der Waals surface area (Å²) in [5.74, 6) is 0.954. The molecule has 0 N–H and O–H groups in total. The second-order valence-corrected chi connectivity index (χ2v) is 8.46. The van der Waals surface area contributed by atoms with Crippen molar-refractivity contribution in [1.29, 1.82) is 0 Å². The molecule has 1 saturated carbocycles. The number of hydrogen-bond acceptors (Lipinski definition) is 4. The van der Waals surface area contributed by atoms with Gasteiger partial charge in [-0.2, -0.15) is 0 Å². The molecule has 1 aromatic carbocycles. The van der Waals surface area contributed by atoms with Crippen molar-refractivity contribution in [3.8, 4) is 5.75 Å². The topological polar surface area (TPSA) is 29.5 Å². The molecule has 2 fully saturated rings. The molecule has 3 nitrogen and oxygen atoms in total. The van der Waals surface area contributed by atoms with Crippen molar-refractivity contribution in [2.75, 3.05) is 0 Å². The summed E-state index contributed by atoms with van der Waals surface area (Å²) in [7, 11) is 0. The van der Waals surface area contributed by atoms with E-state index in [9.17, 15) is 4.79 Å². The van der Waals surface area contributed by atoms with Gasteiger partial charge in [-0.3, -0.25) is 9.69 Å². The number of para-hydroxylation sites is 1. The Balaban J connectivity index is 1.60. The van der Waals surface area contributed by atoms with Crippen molar-refractivity contribution >= 4 is 40.3 Å². The van der Waals surface area contributed by atoms with Crippen molar-refractivity contribution in [1.82, 2.24) is 4.90 Å². The third-order valence-corrected chi connectivity index (χ3v) is 6.41. The molecular weight excluding hydrogens is 350 g/mol. The summed E-state index contributed by atoms with van der Waals surface area (Å²) < 4.78 is 6.68. The Hall–Kier alpha value is -1.59. The lowest BCUT2D eigenvalue weighted by Gasteiger charge is -2.29. The standard InChI is InChI=1S/C20H21NO2S2/c1-13-15(11-14-7-5-6-10-17(14)23-13)12-18-19(22)21(20(24)25-18)16-8-3-2-4-9-16/h5-7,10-13,16H,2-4,8-9H2,1H3. The average molecular weight is 372 g/mol. The first-order chi connectivity index (χ1) is 12.1. The van der Waals surface area contributed by atoms with Crippen LogP contribution >= 0.6 is 24.0 Å². The molecule has 5 heteroatoms. The predicted octanol–water partition coefficient (Wildman–Crippen LogP) is 4.93. The van der Waals surface area contributed by atoms with Gasteiger partial charge in [0.2, 0.25) is 0 Å². The number of thiocarbonyl (C=S) groups is 1. The highest BCUT2D eigenvalue weighted by Gasteiger charge is 2.37. The maximum atomic E-state index is 12.9. The van der Waals surface area contributed by atoms with Gasteiger partial charge in [-0.25, -0.2) is 0 Å². The van der Waals surface area contributed by atoms with Gasteiger partial charge in [0.15, 0.2) is 0 Å². The number of carbonyl (C=O) groups excluding carboxylic acids is 1. The van der Waals surface area contributed by atoms with Crippen LogP contribution in [-0.2, 0) is 4.79 Å². The predicted molar refractivity (Wildman–Crippen MR) is 107 cm³/mol. The van der Waals surface area contributed by atoms with Crippen molar-refractivity contribution < 1.29 is 9.53 Å². The first-order valence-corrected chi connectivity index (χ1v) is 10.1. The molecule has 1 aliphatic carbocycles. The Morgan fingerprint density at radius 3 is 2.80 bits per heavy atom. The lowest BCUT2D eigenvalue weighted by atomic mass is 9.94. The van der Waals surface area contributed by atoms with Crippen LogP contribution in [-0.4, -0.2) is 27.3 Å². The summed E-state index contributed by atoms with van der Waals surface area (Å²) in [6, 6.07) is 8.25. The van der Waals surface area contributed by atoms with Gasteiger partial charge in [-0.05, 0) is 43.6 Å². The Morgan fingerprint density at radius 1 is 1.24 bits per heavy atom. The van der Waals surface area contributed by atoms with E-state index < -0.39 is 0 Å². The molecule has 3 aliphatic rings. The molecule has 25 heavy (non-hydrogen) atoms. The van der Waals surface area contributed by atoms with Gasteiger partial charge in [0, 0.05) is 11.6 Å². The highest BCUT2D eigenvalue weighted by atomic mass is 32.2. The summed E-state index contributed by atoms with van der Waals surface area (Å²) in [6.45, 7) is 2.01. The quantitative estimate of drug-likeness (QED) is 0.545. The summed E-state index contributed by atoms with van der Waals surface area (Å²) in [6.07, 6.45) is 9.76. The van der Waals surface area contributed by atoms with Crippen LogP contribution in [0.3, 0.4) is 0 Å². The zero-order valence-corrected chi connectivity index (χ0v) is 15.9. The maximum Gasteiger partial charge on any atom is 0.266 e. The molecular formula is C20H21NO2S2. The van der Waals surface area contributed by atoms with Crippen LogP contribution < -0.4 is 4.74 Å². The summed E-state index contributed by atoms with van der Waals surface area (Å²) in [4.78, 5) is 15.5. The van der Waals surface area contributed by atoms with Crippen LogP contribution in [0.5, 0.6) is 5.75 Å². The van der Waals surface area contributed by atoms with Gasteiger partial charge >= 0.3 is 0 Å². The van der Waals surface area contributed by atoms with E-state index in [0.29, 0.717) is 4.32 Å². The largest absolute Gasteiger partial charge is 0.485 e. The maximum absolute atomic E-state index is 12.9.